The fourth-order valence-electron chi connectivity index (χ4n) is 1.17. The topological polar surface area (TPSA) is 39.2 Å². The predicted molar refractivity (Wildman–Crippen MR) is 57.5 cm³/mol. The summed E-state index contributed by atoms with van der Waals surface area (Å²) >= 11 is 3.18. The third-order valence-electron chi connectivity index (χ3n) is 2.03. The minimum Gasteiger partial charge on any atom is -0.469 e. The van der Waals surface area contributed by atoms with Crippen LogP contribution in [0.25, 0.3) is 0 Å². The number of ether oxygens (including phenoxy) is 1. The van der Waals surface area contributed by atoms with Crippen LogP contribution in [0.1, 0.15) is 23.2 Å². The van der Waals surface area contributed by atoms with Crippen LogP contribution in [-0.2, 0) is 21.3 Å². The van der Waals surface area contributed by atoms with Gasteiger partial charge < -0.3 is 4.74 Å². The number of pyridine rings is 1. The molecule has 0 saturated heterocycles. The molecule has 0 unspecified atom stereocenters. The Morgan fingerprint density at radius 3 is 2.75 bits per heavy atom. The first kappa shape index (κ1) is 13.0. The summed E-state index contributed by atoms with van der Waals surface area (Å²) in [5.74, 6) is -0.422. The minimum atomic E-state index is -2.61. The Kier molecular flexibility index (Phi) is 4.79. The number of carbonyl (C=O) groups excluding carboxylic acids is 1. The number of aromatic nitrogens is 1. The molecular weight excluding hydrogens is 284 g/mol. The molecule has 0 bridgehead atoms. The van der Waals surface area contributed by atoms with E-state index in [0.29, 0.717) is 16.5 Å². The highest BCUT2D eigenvalue weighted by Crippen LogP contribution is 2.21. The molecule has 6 heteroatoms. The maximum absolute atomic E-state index is 12.4. The average molecular weight is 294 g/mol. The van der Waals surface area contributed by atoms with Gasteiger partial charge in [0.1, 0.15) is 5.69 Å². The Labute approximate surface area is 99.9 Å². The Morgan fingerprint density at radius 1 is 1.56 bits per heavy atom. The van der Waals surface area contributed by atoms with E-state index < -0.39 is 12.4 Å². The zero-order chi connectivity index (χ0) is 12.1. The van der Waals surface area contributed by atoms with Crippen LogP contribution in [0.15, 0.2) is 12.3 Å². The molecule has 0 N–H and O–H groups in total. The van der Waals surface area contributed by atoms with E-state index in [4.69, 9.17) is 0 Å². The number of rotatable bonds is 4. The zero-order valence-corrected chi connectivity index (χ0v) is 10.1. The molecule has 0 aliphatic carbocycles. The monoisotopic (exact) mass is 293 g/mol. The number of nitrogens with zero attached hydrogens (tertiary/aromatic N) is 1. The molecule has 1 aromatic heterocycles. The summed E-state index contributed by atoms with van der Waals surface area (Å²) in [5.41, 5.74) is 0.923. The number of alkyl halides is 3. The molecule has 0 amide bonds. The second-order valence-corrected chi connectivity index (χ2v) is 3.63. The molecule has 88 valence electrons. The SMILES string of the molecule is COC(=O)Cc1cnc(C(F)F)cc1CBr. The van der Waals surface area contributed by atoms with Crippen molar-refractivity contribution < 1.29 is 18.3 Å². The number of carbonyl (C=O) groups is 1. The maximum Gasteiger partial charge on any atom is 0.310 e. The van der Waals surface area contributed by atoms with E-state index >= 15 is 0 Å². The van der Waals surface area contributed by atoms with Gasteiger partial charge in [-0.05, 0) is 17.2 Å². The number of esters is 1. The Hall–Kier alpha value is -1.04. The summed E-state index contributed by atoms with van der Waals surface area (Å²) in [4.78, 5) is 14.7. The first-order valence-corrected chi connectivity index (χ1v) is 5.59. The lowest BCUT2D eigenvalue weighted by atomic mass is 10.1. The molecular formula is C10H10BrF2NO2. The predicted octanol–water partition coefficient (Wildman–Crippen LogP) is 2.63. The Bertz CT molecular complexity index is 385. The normalized spacial score (nSPS) is 10.6. The third kappa shape index (κ3) is 3.23. The van der Waals surface area contributed by atoms with Crippen molar-refractivity contribution in [3.05, 3.63) is 29.1 Å². The smallest absolute Gasteiger partial charge is 0.310 e. The maximum atomic E-state index is 12.4. The van der Waals surface area contributed by atoms with E-state index in [-0.39, 0.29) is 12.1 Å². The van der Waals surface area contributed by atoms with Gasteiger partial charge in [0.2, 0.25) is 0 Å². The van der Waals surface area contributed by atoms with Gasteiger partial charge in [0.25, 0.3) is 6.43 Å². The van der Waals surface area contributed by atoms with E-state index in [9.17, 15) is 13.6 Å². The molecule has 0 aliphatic rings. The fourth-order valence-corrected chi connectivity index (χ4v) is 1.70. The van der Waals surface area contributed by atoms with Crippen molar-refractivity contribution in [1.82, 2.24) is 4.98 Å². The van der Waals surface area contributed by atoms with Gasteiger partial charge >= 0.3 is 5.97 Å². The van der Waals surface area contributed by atoms with E-state index in [1.807, 2.05) is 0 Å². The zero-order valence-electron chi connectivity index (χ0n) is 8.54. The van der Waals surface area contributed by atoms with Crippen LogP contribution in [0.4, 0.5) is 8.78 Å². The molecule has 0 atom stereocenters. The molecule has 0 aromatic carbocycles. The van der Waals surface area contributed by atoms with E-state index in [2.05, 4.69) is 25.7 Å². The van der Waals surface area contributed by atoms with Gasteiger partial charge in [-0.2, -0.15) is 0 Å². The average Bonchev–Trinajstić information content (AvgIpc) is 2.29. The first-order valence-electron chi connectivity index (χ1n) is 4.47. The molecule has 0 aliphatic heterocycles. The van der Waals surface area contributed by atoms with Gasteiger partial charge in [-0.1, -0.05) is 15.9 Å². The highest BCUT2D eigenvalue weighted by atomic mass is 79.9. The van der Waals surface area contributed by atoms with Crippen LogP contribution in [0.2, 0.25) is 0 Å². The summed E-state index contributed by atoms with van der Waals surface area (Å²) < 4.78 is 29.2. The summed E-state index contributed by atoms with van der Waals surface area (Å²) in [6, 6.07) is 1.29. The van der Waals surface area contributed by atoms with Crippen molar-refractivity contribution in [3.8, 4) is 0 Å². The molecule has 1 rings (SSSR count). The number of hydrogen-bond donors (Lipinski definition) is 0. The van der Waals surface area contributed by atoms with Crippen LogP contribution in [-0.4, -0.2) is 18.1 Å². The highest BCUT2D eigenvalue weighted by Gasteiger charge is 2.13. The van der Waals surface area contributed by atoms with Crippen molar-refractivity contribution in [2.75, 3.05) is 7.11 Å². The second kappa shape index (κ2) is 5.89. The fraction of sp³-hybridized carbons (Fsp3) is 0.400. The van der Waals surface area contributed by atoms with Crippen molar-refractivity contribution in [2.45, 2.75) is 18.2 Å². The molecule has 0 saturated carbocycles. The van der Waals surface area contributed by atoms with Gasteiger partial charge in [0, 0.05) is 11.5 Å². The number of halogens is 3. The molecule has 0 fully saturated rings. The lowest BCUT2D eigenvalue weighted by molar-refractivity contribution is -0.139. The van der Waals surface area contributed by atoms with Crippen LogP contribution < -0.4 is 0 Å². The van der Waals surface area contributed by atoms with E-state index in [1.54, 1.807) is 0 Å². The lowest BCUT2D eigenvalue weighted by Gasteiger charge is -2.07. The van der Waals surface area contributed by atoms with Crippen LogP contribution >= 0.6 is 15.9 Å². The Balaban J connectivity index is 2.97. The first-order chi connectivity index (χ1) is 7.58. The van der Waals surface area contributed by atoms with Crippen LogP contribution in [0.5, 0.6) is 0 Å². The summed E-state index contributed by atoms with van der Waals surface area (Å²) in [6.07, 6.45) is -1.28. The van der Waals surface area contributed by atoms with E-state index in [1.165, 1.54) is 19.4 Å². The number of hydrogen-bond acceptors (Lipinski definition) is 3. The molecule has 3 nitrogen and oxygen atoms in total. The van der Waals surface area contributed by atoms with Gasteiger partial charge in [0.05, 0.1) is 13.5 Å². The molecule has 0 radical (unpaired) electrons. The van der Waals surface area contributed by atoms with Crippen LogP contribution in [0, 0.1) is 0 Å². The number of methoxy groups -OCH3 is 1. The summed E-state index contributed by atoms with van der Waals surface area (Å²) in [7, 11) is 1.27. The van der Waals surface area contributed by atoms with Gasteiger partial charge in [-0.25, -0.2) is 8.78 Å². The minimum absolute atomic E-state index is 0.0357. The van der Waals surface area contributed by atoms with Gasteiger partial charge in [-0.3, -0.25) is 9.78 Å². The van der Waals surface area contributed by atoms with Gasteiger partial charge in [-0.15, -0.1) is 0 Å². The highest BCUT2D eigenvalue weighted by molar-refractivity contribution is 9.08. The van der Waals surface area contributed by atoms with Crippen molar-refractivity contribution in [1.29, 1.82) is 0 Å². The largest absolute Gasteiger partial charge is 0.469 e. The van der Waals surface area contributed by atoms with Crippen molar-refractivity contribution in [3.63, 3.8) is 0 Å². The Morgan fingerprint density at radius 2 is 2.25 bits per heavy atom. The van der Waals surface area contributed by atoms with Crippen LogP contribution in [0.3, 0.4) is 0 Å². The summed E-state index contributed by atoms with van der Waals surface area (Å²) in [6.45, 7) is 0. The molecule has 1 aromatic rings. The van der Waals surface area contributed by atoms with Crippen molar-refractivity contribution in [2.24, 2.45) is 0 Å². The standard InChI is InChI=1S/C10H10BrF2NO2/c1-16-9(15)3-7-5-14-8(10(12)13)2-6(7)4-11/h2,5,10H,3-4H2,1H3. The van der Waals surface area contributed by atoms with Crippen molar-refractivity contribution >= 4 is 21.9 Å². The van der Waals surface area contributed by atoms with E-state index in [0.717, 1.165) is 0 Å². The lowest BCUT2D eigenvalue weighted by Crippen LogP contribution is -2.07. The quantitative estimate of drug-likeness (QED) is 0.633. The summed E-state index contributed by atoms with van der Waals surface area (Å²) in [5, 5.41) is 0.390. The molecule has 0 spiro atoms. The second-order valence-electron chi connectivity index (χ2n) is 3.07. The molecule has 1 heterocycles. The molecule has 16 heavy (non-hydrogen) atoms. The third-order valence-corrected chi connectivity index (χ3v) is 2.64. The van der Waals surface area contributed by atoms with Gasteiger partial charge in [0.15, 0.2) is 0 Å².